The van der Waals surface area contributed by atoms with Crippen LogP contribution in [0.15, 0.2) is 30.3 Å². The maximum absolute atomic E-state index is 11.8. The first kappa shape index (κ1) is 13.4. The van der Waals surface area contributed by atoms with E-state index in [9.17, 15) is 9.59 Å². The van der Waals surface area contributed by atoms with Crippen molar-refractivity contribution in [2.24, 2.45) is 0 Å². The molecule has 1 saturated heterocycles. The SMILES string of the molecule is CCN1CCN(CCOc2ccccc2)C(=O)C1=O. The van der Waals surface area contributed by atoms with E-state index in [4.69, 9.17) is 4.74 Å². The molecule has 1 aromatic carbocycles. The van der Waals surface area contributed by atoms with Gasteiger partial charge in [0, 0.05) is 19.6 Å². The highest BCUT2D eigenvalue weighted by atomic mass is 16.5. The highest BCUT2D eigenvalue weighted by Crippen LogP contribution is 2.09. The van der Waals surface area contributed by atoms with Crippen LogP contribution >= 0.6 is 0 Å². The van der Waals surface area contributed by atoms with Crippen LogP contribution in [0.5, 0.6) is 5.75 Å². The maximum Gasteiger partial charge on any atom is 0.312 e. The van der Waals surface area contributed by atoms with Gasteiger partial charge >= 0.3 is 11.8 Å². The van der Waals surface area contributed by atoms with Gasteiger partial charge in [-0.1, -0.05) is 18.2 Å². The first-order valence-electron chi connectivity index (χ1n) is 6.48. The van der Waals surface area contributed by atoms with Gasteiger partial charge in [0.25, 0.3) is 0 Å². The second-order valence-corrected chi connectivity index (χ2v) is 4.34. The molecule has 0 aliphatic carbocycles. The Kier molecular flexibility index (Phi) is 4.39. The van der Waals surface area contributed by atoms with Gasteiger partial charge in [-0.25, -0.2) is 0 Å². The van der Waals surface area contributed by atoms with E-state index < -0.39 is 11.8 Å². The minimum atomic E-state index is -0.426. The van der Waals surface area contributed by atoms with E-state index in [1.807, 2.05) is 37.3 Å². The molecule has 2 amide bonds. The van der Waals surface area contributed by atoms with E-state index in [1.165, 1.54) is 0 Å². The van der Waals surface area contributed by atoms with Crippen molar-refractivity contribution in [3.05, 3.63) is 30.3 Å². The molecule has 0 unspecified atom stereocenters. The van der Waals surface area contributed by atoms with Gasteiger partial charge in [0.1, 0.15) is 12.4 Å². The van der Waals surface area contributed by atoms with Crippen molar-refractivity contribution >= 4 is 11.8 Å². The Balaban J connectivity index is 1.81. The van der Waals surface area contributed by atoms with Crippen LogP contribution in [0.3, 0.4) is 0 Å². The summed E-state index contributed by atoms with van der Waals surface area (Å²) in [6.07, 6.45) is 0. The Morgan fingerprint density at radius 1 is 1.05 bits per heavy atom. The minimum Gasteiger partial charge on any atom is -0.492 e. The van der Waals surface area contributed by atoms with Gasteiger partial charge in [0.05, 0.1) is 6.54 Å². The fourth-order valence-electron chi connectivity index (χ4n) is 2.02. The van der Waals surface area contributed by atoms with E-state index in [2.05, 4.69) is 0 Å². The van der Waals surface area contributed by atoms with Gasteiger partial charge in [0.15, 0.2) is 0 Å². The molecule has 1 aliphatic heterocycles. The van der Waals surface area contributed by atoms with Crippen molar-refractivity contribution in [3.63, 3.8) is 0 Å². The molecule has 0 radical (unpaired) electrons. The van der Waals surface area contributed by atoms with Crippen LogP contribution < -0.4 is 4.74 Å². The van der Waals surface area contributed by atoms with E-state index >= 15 is 0 Å². The second kappa shape index (κ2) is 6.22. The van der Waals surface area contributed by atoms with Gasteiger partial charge in [-0.2, -0.15) is 0 Å². The van der Waals surface area contributed by atoms with Crippen LogP contribution in [-0.4, -0.2) is 54.4 Å². The quantitative estimate of drug-likeness (QED) is 0.736. The number of hydrogen-bond donors (Lipinski definition) is 0. The molecule has 5 heteroatoms. The Bertz CT molecular complexity index is 447. The molecule has 0 aromatic heterocycles. The smallest absolute Gasteiger partial charge is 0.312 e. The number of carbonyl (C=O) groups is 2. The summed E-state index contributed by atoms with van der Waals surface area (Å²) in [5.41, 5.74) is 0. The van der Waals surface area contributed by atoms with Crippen molar-refractivity contribution in [2.75, 3.05) is 32.8 Å². The monoisotopic (exact) mass is 262 g/mol. The average Bonchev–Trinajstić information content (AvgIpc) is 2.45. The minimum absolute atomic E-state index is 0.398. The average molecular weight is 262 g/mol. The zero-order valence-corrected chi connectivity index (χ0v) is 11.0. The number of likely N-dealkylation sites (N-methyl/N-ethyl adjacent to an activating group) is 1. The highest BCUT2D eigenvalue weighted by Gasteiger charge is 2.31. The largest absolute Gasteiger partial charge is 0.492 e. The molecule has 19 heavy (non-hydrogen) atoms. The molecule has 0 spiro atoms. The molecule has 1 fully saturated rings. The summed E-state index contributed by atoms with van der Waals surface area (Å²) in [6.45, 7) is 4.48. The standard InChI is InChI=1S/C14H18N2O3/c1-2-15-8-9-16(14(18)13(15)17)10-11-19-12-6-4-3-5-7-12/h3-7H,2,8-11H2,1H3. The van der Waals surface area contributed by atoms with Gasteiger partial charge in [0.2, 0.25) is 0 Å². The molecule has 102 valence electrons. The molecule has 2 rings (SSSR count). The summed E-state index contributed by atoms with van der Waals surface area (Å²) in [5, 5.41) is 0. The molecule has 1 aliphatic rings. The lowest BCUT2D eigenvalue weighted by molar-refractivity contribution is -0.156. The number of amides is 2. The third kappa shape index (κ3) is 3.24. The second-order valence-electron chi connectivity index (χ2n) is 4.34. The summed E-state index contributed by atoms with van der Waals surface area (Å²) < 4.78 is 5.53. The lowest BCUT2D eigenvalue weighted by atomic mass is 10.3. The molecular formula is C14H18N2O3. The zero-order chi connectivity index (χ0) is 13.7. The van der Waals surface area contributed by atoms with Gasteiger partial charge in [-0.05, 0) is 19.1 Å². The number of nitrogens with zero attached hydrogens (tertiary/aromatic N) is 2. The van der Waals surface area contributed by atoms with Crippen LogP contribution in [-0.2, 0) is 9.59 Å². The van der Waals surface area contributed by atoms with Crippen molar-refractivity contribution in [3.8, 4) is 5.75 Å². The van der Waals surface area contributed by atoms with Crippen LogP contribution in [0, 0.1) is 0 Å². The summed E-state index contributed by atoms with van der Waals surface area (Å²) in [4.78, 5) is 26.6. The lowest BCUT2D eigenvalue weighted by Crippen LogP contribution is -2.54. The summed E-state index contributed by atoms with van der Waals surface area (Å²) in [7, 11) is 0. The maximum atomic E-state index is 11.8. The number of ether oxygens (including phenoxy) is 1. The van der Waals surface area contributed by atoms with Crippen molar-refractivity contribution in [1.82, 2.24) is 9.80 Å². The number of carbonyl (C=O) groups excluding carboxylic acids is 2. The molecule has 0 atom stereocenters. The number of hydrogen-bond acceptors (Lipinski definition) is 3. The van der Waals surface area contributed by atoms with E-state index in [0.29, 0.717) is 32.8 Å². The Hall–Kier alpha value is -2.04. The molecular weight excluding hydrogens is 244 g/mol. The van der Waals surface area contributed by atoms with Gasteiger partial charge < -0.3 is 14.5 Å². The topological polar surface area (TPSA) is 49.9 Å². The van der Waals surface area contributed by atoms with E-state index in [-0.39, 0.29) is 0 Å². The lowest BCUT2D eigenvalue weighted by Gasteiger charge is -2.32. The van der Waals surface area contributed by atoms with Crippen LogP contribution in [0.1, 0.15) is 6.92 Å². The summed E-state index contributed by atoms with van der Waals surface area (Å²) >= 11 is 0. The molecule has 1 aromatic rings. The Morgan fingerprint density at radius 3 is 2.37 bits per heavy atom. The van der Waals surface area contributed by atoms with Crippen molar-refractivity contribution < 1.29 is 14.3 Å². The molecule has 1 heterocycles. The number of piperazine rings is 1. The van der Waals surface area contributed by atoms with Crippen molar-refractivity contribution in [2.45, 2.75) is 6.92 Å². The summed E-state index contributed by atoms with van der Waals surface area (Å²) in [5.74, 6) is -0.0632. The van der Waals surface area contributed by atoms with E-state index in [1.54, 1.807) is 9.80 Å². The zero-order valence-electron chi connectivity index (χ0n) is 11.0. The molecule has 0 saturated carbocycles. The number of rotatable bonds is 5. The predicted molar refractivity (Wildman–Crippen MR) is 70.8 cm³/mol. The molecule has 5 nitrogen and oxygen atoms in total. The van der Waals surface area contributed by atoms with Gasteiger partial charge in [-0.3, -0.25) is 9.59 Å². The Morgan fingerprint density at radius 2 is 1.68 bits per heavy atom. The Labute approximate surface area is 112 Å². The summed E-state index contributed by atoms with van der Waals surface area (Å²) in [6, 6.07) is 9.43. The first-order chi connectivity index (χ1) is 9.22. The number of para-hydroxylation sites is 1. The highest BCUT2D eigenvalue weighted by molar-refractivity contribution is 6.35. The fourth-order valence-corrected chi connectivity index (χ4v) is 2.02. The van der Waals surface area contributed by atoms with Crippen LogP contribution in [0.4, 0.5) is 0 Å². The van der Waals surface area contributed by atoms with E-state index in [0.717, 1.165) is 5.75 Å². The van der Waals surface area contributed by atoms with Crippen molar-refractivity contribution in [1.29, 1.82) is 0 Å². The van der Waals surface area contributed by atoms with Crippen LogP contribution in [0.25, 0.3) is 0 Å². The molecule has 0 N–H and O–H groups in total. The van der Waals surface area contributed by atoms with Crippen LogP contribution in [0.2, 0.25) is 0 Å². The van der Waals surface area contributed by atoms with Gasteiger partial charge in [-0.15, -0.1) is 0 Å². The third-order valence-corrected chi connectivity index (χ3v) is 3.15. The fraction of sp³-hybridized carbons (Fsp3) is 0.429. The molecule has 0 bridgehead atoms. The number of benzene rings is 1. The normalized spacial score (nSPS) is 15.8. The predicted octanol–water partition coefficient (Wildman–Crippen LogP) is 0.756. The third-order valence-electron chi connectivity index (χ3n) is 3.15. The first-order valence-corrected chi connectivity index (χ1v) is 6.48.